The molecular formula is C15H17NO5. The van der Waals surface area contributed by atoms with E-state index in [4.69, 9.17) is 14.6 Å². The van der Waals surface area contributed by atoms with E-state index < -0.39 is 5.97 Å². The topological polar surface area (TPSA) is 76.1 Å². The molecule has 1 aromatic rings. The van der Waals surface area contributed by atoms with Crippen molar-refractivity contribution in [2.75, 3.05) is 26.4 Å². The molecule has 0 aromatic heterocycles. The molecule has 112 valence electrons. The van der Waals surface area contributed by atoms with Gasteiger partial charge in [0.1, 0.15) is 0 Å². The maximum atomic E-state index is 12.5. The van der Waals surface area contributed by atoms with Crippen LogP contribution in [0, 0.1) is 5.92 Å². The van der Waals surface area contributed by atoms with Gasteiger partial charge in [0.2, 0.25) is 6.79 Å². The quantitative estimate of drug-likeness (QED) is 0.845. The van der Waals surface area contributed by atoms with Crippen LogP contribution < -0.4 is 9.47 Å². The number of hydrogen-bond donors (Lipinski definition) is 1. The zero-order valence-corrected chi connectivity index (χ0v) is 11.6. The van der Waals surface area contributed by atoms with Gasteiger partial charge in [-0.3, -0.25) is 14.5 Å². The summed E-state index contributed by atoms with van der Waals surface area (Å²) in [6, 6.07) is 5.25. The Morgan fingerprint density at radius 2 is 1.90 bits per heavy atom. The highest BCUT2D eigenvalue weighted by molar-refractivity contribution is 5.98. The van der Waals surface area contributed by atoms with Gasteiger partial charge in [-0.05, 0) is 44.1 Å². The molecule has 0 unspecified atom stereocenters. The van der Waals surface area contributed by atoms with E-state index in [2.05, 4.69) is 0 Å². The van der Waals surface area contributed by atoms with E-state index in [0.717, 1.165) is 0 Å². The average molecular weight is 291 g/mol. The molecule has 1 aromatic carbocycles. The molecule has 6 heteroatoms. The maximum Gasteiger partial charge on any atom is 0.317 e. The number of benzene rings is 1. The minimum absolute atomic E-state index is 0.0459. The Labute approximate surface area is 122 Å². The maximum absolute atomic E-state index is 12.5. The lowest BCUT2D eigenvalue weighted by Crippen LogP contribution is -2.39. The smallest absolute Gasteiger partial charge is 0.317 e. The van der Waals surface area contributed by atoms with Gasteiger partial charge in [-0.15, -0.1) is 0 Å². The lowest BCUT2D eigenvalue weighted by Gasteiger charge is -2.29. The second kappa shape index (κ2) is 5.73. The Kier molecular flexibility index (Phi) is 3.79. The highest BCUT2D eigenvalue weighted by atomic mass is 16.7. The number of ketones is 1. The van der Waals surface area contributed by atoms with E-state index in [1.165, 1.54) is 0 Å². The fraction of sp³-hybridized carbons (Fsp3) is 0.467. The van der Waals surface area contributed by atoms with Crippen molar-refractivity contribution in [1.29, 1.82) is 0 Å². The Bertz CT molecular complexity index is 563. The molecule has 0 aliphatic carbocycles. The Morgan fingerprint density at radius 3 is 2.62 bits per heavy atom. The molecule has 0 saturated carbocycles. The Balaban J connectivity index is 1.63. The number of hydrogen-bond acceptors (Lipinski definition) is 5. The Morgan fingerprint density at radius 1 is 1.19 bits per heavy atom. The van der Waals surface area contributed by atoms with Crippen LogP contribution in [0.1, 0.15) is 23.2 Å². The molecule has 6 nitrogen and oxygen atoms in total. The molecule has 0 spiro atoms. The lowest BCUT2D eigenvalue weighted by molar-refractivity contribution is -0.138. The number of ether oxygens (including phenoxy) is 2. The van der Waals surface area contributed by atoms with Gasteiger partial charge >= 0.3 is 5.97 Å². The fourth-order valence-corrected chi connectivity index (χ4v) is 2.83. The third-order valence-corrected chi connectivity index (χ3v) is 3.97. The summed E-state index contributed by atoms with van der Waals surface area (Å²) < 4.78 is 10.5. The van der Waals surface area contributed by atoms with Gasteiger partial charge in [0.25, 0.3) is 0 Å². The van der Waals surface area contributed by atoms with Crippen LogP contribution in [0.2, 0.25) is 0 Å². The number of carbonyl (C=O) groups is 2. The van der Waals surface area contributed by atoms with Gasteiger partial charge in [0.15, 0.2) is 17.3 Å². The van der Waals surface area contributed by atoms with Gasteiger partial charge in [-0.1, -0.05) is 0 Å². The Hall–Kier alpha value is -2.08. The number of nitrogens with zero attached hydrogens (tertiary/aromatic N) is 1. The monoisotopic (exact) mass is 291 g/mol. The molecular weight excluding hydrogens is 274 g/mol. The number of piperidine rings is 1. The first-order valence-electron chi connectivity index (χ1n) is 7.01. The van der Waals surface area contributed by atoms with Crippen molar-refractivity contribution < 1.29 is 24.2 Å². The van der Waals surface area contributed by atoms with Crippen molar-refractivity contribution in [3.05, 3.63) is 23.8 Å². The van der Waals surface area contributed by atoms with E-state index in [9.17, 15) is 9.59 Å². The standard InChI is InChI=1S/C15H17NO5/c17-14(18)8-16-5-3-10(4-6-16)15(19)11-1-2-12-13(7-11)21-9-20-12/h1-2,7,10H,3-6,8-9H2,(H,17,18). The van der Waals surface area contributed by atoms with E-state index in [1.54, 1.807) is 18.2 Å². The second-order valence-corrected chi connectivity index (χ2v) is 5.38. The molecule has 1 saturated heterocycles. The van der Waals surface area contributed by atoms with Crippen LogP contribution in [-0.2, 0) is 4.79 Å². The van der Waals surface area contributed by atoms with E-state index in [-0.39, 0.29) is 25.0 Å². The highest BCUT2D eigenvalue weighted by Crippen LogP contribution is 2.34. The number of carboxylic acids is 1. The van der Waals surface area contributed by atoms with E-state index in [0.29, 0.717) is 43.0 Å². The number of carbonyl (C=O) groups excluding carboxylic acids is 1. The van der Waals surface area contributed by atoms with Gasteiger partial charge < -0.3 is 14.6 Å². The van der Waals surface area contributed by atoms with Crippen LogP contribution >= 0.6 is 0 Å². The molecule has 3 rings (SSSR count). The van der Waals surface area contributed by atoms with Crippen molar-refractivity contribution in [2.45, 2.75) is 12.8 Å². The van der Waals surface area contributed by atoms with Gasteiger partial charge in [-0.25, -0.2) is 0 Å². The third kappa shape index (κ3) is 3.00. The summed E-state index contributed by atoms with van der Waals surface area (Å²) in [5.41, 5.74) is 0.635. The molecule has 1 fully saturated rings. The predicted molar refractivity (Wildman–Crippen MR) is 73.7 cm³/mol. The van der Waals surface area contributed by atoms with Gasteiger partial charge in [0.05, 0.1) is 6.54 Å². The summed E-state index contributed by atoms with van der Waals surface area (Å²) in [7, 11) is 0. The van der Waals surface area contributed by atoms with E-state index in [1.807, 2.05) is 4.90 Å². The molecule has 2 heterocycles. The number of aliphatic carboxylic acids is 1. The molecule has 2 aliphatic heterocycles. The zero-order chi connectivity index (χ0) is 14.8. The predicted octanol–water partition coefficient (Wildman–Crippen LogP) is 1.39. The van der Waals surface area contributed by atoms with Crippen LogP contribution in [0.15, 0.2) is 18.2 Å². The lowest BCUT2D eigenvalue weighted by atomic mass is 9.89. The molecule has 0 amide bonds. The van der Waals surface area contributed by atoms with E-state index >= 15 is 0 Å². The first-order chi connectivity index (χ1) is 10.1. The minimum atomic E-state index is -0.824. The number of carboxylic acid groups (broad SMARTS) is 1. The number of rotatable bonds is 4. The number of Topliss-reactive ketones (excluding diaryl/α,β-unsaturated/α-hetero) is 1. The van der Waals surface area contributed by atoms with Crippen LogP contribution in [-0.4, -0.2) is 48.2 Å². The summed E-state index contributed by atoms with van der Waals surface area (Å²) in [6.45, 7) is 1.53. The van der Waals surface area contributed by atoms with Crippen LogP contribution in [0.25, 0.3) is 0 Å². The summed E-state index contributed by atoms with van der Waals surface area (Å²) in [6.07, 6.45) is 1.39. The third-order valence-electron chi connectivity index (χ3n) is 3.97. The van der Waals surface area contributed by atoms with Crippen LogP contribution in [0.3, 0.4) is 0 Å². The molecule has 0 atom stereocenters. The largest absolute Gasteiger partial charge is 0.480 e. The molecule has 0 bridgehead atoms. The van der Waals surface area contributed by atoms with Crippen LogP contribution in [0.5, 0.6) is 11.5 Å². The normalized spacial score (nSPS) is 18.7. The minimum Gasteiger partial charge on any atom is -0.480 e. The number of likely N-dealkylation sites (tertiary alicyclic amines) is 1. The van der Waals surface area contributed by atoms with Crippen molar-refractivity contribution >= 4 is 11.8 Å². The highest BCUT2D eigenvalue weighted by Gasteiger charge is 2.27. The summed E-state index contributed by atoms with van der Waals surface area (Å²) in [5, 5.41) is 8.77. The van der Waals surface area contributed by atoms with Crippen molar-refractivity contribution in [3.8, 4) is 11.5 Å². The molecule has 1 N–H and O–H groups in total. The first kappa shape index (κ1) is 13.9. The van der Waals surface area contributed by atoms with Crippen molar-refractivity contribution in [2.24, 2.45) is 5.92 Å². The fourth-order valence-electron chi connectivity index (χ4n) is 2.83. The summed E-state index contributed by atoms with van der Waals surface area (Å²) >= 11 is 0. The second-order valence-electron chi connectivity index (χ2n) is 5.38. The van der Waals surface area contributed by atoms with Gasteiger partial charge in [0, 0.05) is 11.5 Å². The van der Waals surface area contributed by atoms with Crippen molar-refractivity contribution in [1.82, 2.24) is 4.90 Å². The summed E-state index contributed by atoms with van der Waals surface area (Å²) in [5.74, 6) is 0.515. The van der Waals surface area contributed by atoms with Gasteiger partial charge in [-0.2, -0.15) is 0 Å². The SMILES string of the molecule is O=C(O)CN1CCC(C(=O)c2ccc3c(c2)OCO3)CC1. The zero-order valence-electron chi connectivity index (χ0n) is 11.6. The average Bonchev–Trinajstić information content (AvgIpc) is 2.94. The van der Waals surface area contributed by atoms with Crippen molar-refractivity contribution in [3.63, 3.8) is 0 Å². The first-order valence-corrected chi connectivity index (χ1v) is 7.01. The summed E-state index contributed by atoms with van der Waals surface area (Å²) in [4.78, 5) is 25.0. The molecule has 0 radical (unpaired) electrons. The van der Waals surface area contributed by atoms with Crippen LogP contribution in [0.4, 0.5) is 0 Å². The number of fused-ring (bicyclic) bond motifs is 1. The molecule has 21 heavy (non-hydrogen) atoms. The molecule has 2 aliphatic rings.